The number of anilines is 1. The summed E-state index contributed by atoms with van der Waals surface area (Å²) >= 11 is 13.1. The lowest BCUT2D eigenvalue weighted by molar-refractivity contribution is 0.601. The Labute approximate surface area is 130 Å². The number of rotatable bonds is 4. The fourth-order valence-corrected chi connectivity index (χ4v) is 4.23. The van der Waals surface area contributed by atoms with Crippen molar-refractivity contribution in [3.8, 4) is 0 Å². The average molecular weight is 353 g/mol. The highest BCUT2D eigenvalue weighted by atomic mass is 35.5. The highest BCUT2D eigenvalue weighted by Gasteiger charge is 2.22. The fourth-order valence-electron chi connectivity index (χ4n) is 1.48. The van der Waals surface area contributed by atoms with Gasteiger partial charge < -0.3 is 5.73 Å². The molecule has 20 heavy (non-hydrogen) atoms. The van der Waals surface area contributed by atoms with E-state index < -0.39 is 10.0 Å². The number of aromatic nitrogens is 2. The van der Waals surface area contributed by atoms with Crippen molar-refractivity contribution in [1.82, 2.24) is 10.2 Å². The summed E-state index contributed by atoms with van der Waals surface area (Å²) in [4.78, 5) is -0.100. The molecule has 0 bridgehead atoms. The van der Waals surface area contributed by atoms with Crippen molar-refractivity contribution in [3.63, 3.8) is 0 Å². The molecule has 0 radical (unpaired) electrons. The monoisotopic (exact) mass is 352 g/mol. The third kappa shape index (κ3) is 3.04. The van der Waals surface area contributed by atoms with Crippen LogP contribution in [-0.2, 0) is 16.6 Å². The van der Waals surface area contributed by atoms with Crippen LogP contribution in [0.25, 0.3) is 0 Å². The molecular weight excluding hydrogens is 343 g/mol. The number of benzene rings is 1. The van der Waals surface area contributed by atoms with Crippen molar-refractivity contribution in [2.45, 2.75) is 18.4 Å². The zero-order valence-corrected chi connectivity index (χ0v) is 13.4. The molecule has 10 heteroatoms. The standard InChI is InChI=1S/C10H10Cl2N4O2S2/c1-5-14-15-10(19-5)16-20(17,18)8-3-2-7(11)6(4-13)9(8)12/h2-3H,4,13H2,1H3,(H,15,16). The van der Waals surface area contributed by atoms with E-state index in [2.05, 4.69) is 14.9 Å². The second-order valence-corrected chi connectivity index (χ2v) is 7.39. The van der Waals surface area contributed by atoms with Crippen molar-refractivity contribution in [2.75, 3.05) is 4.72 Å². The van der Waals surface area contributed by atoms with Gasteiger partial charge in [0.15, 0.2) is 0 Å². The van der Waals surface area contributed by atoms with Gasteiger partial charge >= 0.3 is 0 Å². The molecule has 1 aromatic heterocycles. The minimum Gasteiger partial charge on any atom is -0.326 e. The van der Waals surface area contributed by atoms with E-state index in [0.717, 1.165) is 11.3 Å². The molecule has 2 rings (SSSR count). The van der Waals surface area contributed by atoms with Crippen molar-refractivity contribution in [1.29, 1.82) is 0 Å². The van der Waals surface area contributed by atoms with Crippen molar-refractivity contribution in [2.24, 2.45) is 5.73 Å². The Kier molecular flexibility index (Phi) is 4.50. The van der Waals surface area contributed by atoms with Gasteiger partial charge in [-0.1, -0.05) is 34.5 Å². The van der Waals surface area contributed by atoms with Gasteiger partial charge in [-0.15, -0.1) is 10.2 Å². The lowest BCUT2D eigenvalue weighted by atomic mass is 10.2. The molecule has 0 saturated carbocycles. The van der Waals surface area contributed by atoms with Gasteiger partial charge in [-0.25, -0.2) is 8.42 Å². The van der Waals surface area contributed by atoms with Gasteiger partial charge in [0, 0.05) is 17.1 Å². The summed E-state index contributed by atoms with van der Waals surface area (Å²) in [5, 5.41) is 8.58. The van der Waals surface area contributed by atoms with Crippen molar-refractivity contribution < 1.29 is 8.42 Å². The van der Waals surface area contributed by atoms with Gasteiger partial charge in [0.05, 0.1) is 5.02 Å². The Bertz CT molecular complexity index is 746. The zero-order valence-electron chi connectivity index (χ0n) is 10.2. The number of hydrogen-bond acceptors (Lipinski definition) is 6. The van der Waals surface area contributed by atoms with Gasteiger partial charge in [-0.05, 0) is 19.1 Å². The Morgan fingerprint density at radius 1 is 1.35 bits per heavy atom. The fraction of sp³-hybridized carbons (Fsp3) is 0.200. The predicted octanol–water partition coefficient (Wildman–Crippen LogP) is 2.41. The molecule has 1 aromatic carbocycles. The molecule has 0 amide bonds. The summed E-state index contributed by atoms with van der Waals surface area (Å²) in [7, 11) is -3.87. The molecule has 0 fully saturated rings. The maximum Gasteiger partial charge on any atom is 0.265 e. The van der Waals surface area contributed by atoms with E-state index in [1.165, 1.54) is 12.1 Å². The van der Waals surface area contributed by atoms with Crippen LogP contribution in [0.1, 0.15) is 10.6 Å². The first-order valence-electron chi connectivity index (χ1n) is 5.35. The molecule has 108 valence electrons. The first-order chi connectivity index (χ1) is 9.35. The van der Waals surface area contributed by atoms with Crippen LogP contribution in [-0.4, -0.2) is 18.6 Å². The molecule has 0 spiro atoms. The molecule has 3 N–H and O–H groups in total. The summed E-state index contributed by atoms with van der Waals surface area (Å²) in [5.41, 5.74) is 5.89. The first kappa shape index (κ1) is 15.5. The Hall–Kier alpha value is -0.930. The summed E-state index contributed by atoms with van der Waals surface area (Å²) in [6.07, 6.45) is 0. The Morgan fingerprint density at radius 2 is 2.05 bits per heavy atom. The van der Waals surface area contributed by atoms with E-state index in [0.29, 0.717) is 15.6 Å². The van der Waals surface area contributed by atoms with Crippen LogP contribution in [0.4, 0.5) is 5.13 Å². The number of sulfonamides is 1. The Balaban J connectivity index is 2.44. The molecule has 0 saturated heterocycles. The van der Waals surface area contributed by atoms with Gasteiger partial charge in [0.1, 0.15) is 9.90 Å². The third-order valence-electron chi connectivity index (χ3n) is 2.39. The number of nitrogens with zero attached hydrogens (tertiary/aromatic N) is 2. The topological polar surface area (TPSA) is 98.0 Å². The van der Waals surface area contributed by atoms with Crippen LogP contribution in [0.15, 0.2) is 17.0 Å². The molecule has 0 aliphatic carbocycles. The minimum atomic E-state index is -3.87. The van der Waals surface area contributed by atoms with E-state index in [-0.39, 0.29) is 21.6 Å². The molecule has 0 aliphatic heterocycles. The lowest BCUT2D eigenvalue weighted by Gasteiger charge is -2.11. The van der Waals surface area contributed by atoms with Gasteiger partial charge in [0.25, 0.3) is 10.0 Å². The van der Waals surface area contributed by atoms with E-state index in [9.17, 15) is 8.42 Å². The third-order valence-corrected chi connectivity index (χ3v) is 5.55. The van der Waals surface area contributed by atoms with Crippen LogP contribution < -0.4 is 10.5 Å². The highest BCUT2D eigenvalue weighted by Crippen LogP contribution is 2.32. The molecule has 0 unspecified atom stereocenters. The second-order valence-electron chi connectivity index (χ2n) is 3.77. The molecule has 6 nitrogen and oxygen atoms in total. The number of aryl methyl sites for hydroxylation is 1. The molecule has 2 aromatic rings. The predicted molar refractivity (Wildman–Crippen MR) is 79.8 cm³/mol. The largest absolute Gasteiger partial charge is 0.326 e. The molecular formula is C10H10Cl2N4O2S2. The summed E-state index contributed by atoms with van der Waals surface area (Å²) < 4.78 is 26.9. The number of hydrogen-bond donors (Lipinski definition) is 2. The molecule has 0 aliphatic rings. The van der Waals surface area contributed by atoms with E-state index >= 15 is 0 Å². The van der Waals surface area contributed by atoms with Gasteiger partial charge in [0.2, 0.25) is 5.13 Å². The number of nitrogens with one attached hydrogen (secondary N) is 1. The van der Waals surface area contributed by atoms with Gasteiger partial charge in [-0.2, -0.15) is 0 Å². The first-order valence-corrected chi connectivity index (χ1v) is 8.40. The van der Waals surface area contributed by atoms with Crippen LogP contribution >= 0.6 is 34.5 Å². The Morgan fingerprint density at radius 3 is 2.60 bits per heavy atom. The van der Waals surface area contributed by atoms with Crippen LogP contribution in [0.3, 0.4) is 0 Å². The van der Waals surface area contributed by atoms with E-state index in [1.54, 1.807) is 6.92 Å². The summed E-state index contributed by atoms with van der Waals surface area (Å²) in [5.74, 6) is 0. The zero-order chi connectivity index (χ0) is 14.9. The van der Waals surface area contributed by atoms with Crippen molar-refractivity contribution >= 4 is 49.7 Å². The summed E-state index contributed by atoms with van der Waals surface area (Å²) in [6, 6.07) is 2.76. The quantitative estimate of drug-likeness (QED) is 0.880. The number of nitrogens with two attached hydrogens (primary N) is 1. The van der Waals surface area contributed by atoms with Crippen LogP contribution in [0.5, 0.6) is 0 Å². The van der Waals surface area contributed by atoms with E-state index in [1.807, 2.05) is 0 Å². The molecule has 1 heterocycles. The van der Waals surface area contributed by atoms with Crippen LogP contribution in [0, 0.1) is 6.92 Å². The normalized spacial score (nSPS) is 11.6. The smallest absolute Gasteiger partial charge is 0.265 e. The maximum absolute atomic E-state index is 12.3. The maximum atomic E-state index is 12.3. The van der Waals surface area contributed by atoms with Gasteiger partial charge in [-0.3, -0.25) is 4.72 Å². The highest BCUT2D eigenvalue weighted by molar-refractivity contribution is 7.93. The van der Waals surface area contributed by atoms with Crippen LogP contribution in [0.2, 0.25) is 10.0 Å². The second kappa shape index (κ2) is 5.82. The van der Waals surface area contributed by atoms with E-state index in [4.69, 9.17) is 28.9 Å². The lowest BCUT2D eigenvalue weighted by Crippen LogP contribution is -2.14. The SMILES string of the molecule is Cc1nnc(NS(=O)(=O)c2ccc(Cl)c(CN)c2Cl)s1. The van der Waals surface area contributed by atoms with Crippen molar-refractivity contribution in [3.05, 3.63) is 32.7 Å². The number of halogens is 2. The average Bonchev–Trinajstić information content (AvgIpc) is 2.74. The minimum absolute atomic E-state index is 0.00809. The molecule has 0 atom stereocenters. The summed E-state index contributed by atoms with van der Waals surface area (Å²) in [6.45, 7) is 1.76.